The minimum absolute atomic E-state index is 0.278. The zero-order chi connectivity index (χ0) is 21.1. The number of halogens is 2. The Kier molecular flexibility index (Phi) is 5.97. The maximum Gasteiger partial charge on any atom is 0.304 e. The largest absolute Gasteiger partial charge is 0.334 e. The Morgan fingerprint density at radius 2 is 1.67 bits per heavy atom. The molecule has 0 saturated carbocycles. The van der Waals surface area contributed by atoms with E-state index in [-0.39, 0.29) is 11.8 Å². The van der Waals surface area contributed by atoms with Crippen molar-refractivity contribution in [1.29, 1.82) is 0 Å². The van der Waals surface area contributed by atoms with Crippen LogP contribution in [0.5, 0.6) is 0 Å². The average molecular weight is 484 g/mol. The van der Waals surface area contributed by atoms with Crippen LogP contribution in [0.4, 0.5) is 0 Å². The number of hydrogen-bond donors (Lipinski definition) is 2. The Bertz CT molecular complexity index is 1100. The number of amides is 2. The van der Waals surface area contributed by atoms with E-state index >= 15 is 0 Å². The lowest BCUT2D eigenvalue weighted by Crippen LogP contribution is -2.42. The van der Waals surface area contributed by atoms with E-state index in [4.69, 9.17) is 11.6 Å². The van der Waals surface area contributed by atoms with Crippen LogP contribution in [0.1, 0.15) is 27.5 Å². The highest BCUT2D eigenvalue weighted by molar-refractivity contribution is 9.10. The number of rotatable bonds is 4. The number of hydrazone groups is 1. The lowest BCUT2D eigenvalue weighted by molar-refractivity contribution is -0.596. The van der Waals surface area contributed by atoms with Gasteiger partial charge in [0.15, 0.2) is 6.04 Å². The van der Waals surface area contributed by atoms with Crippen molar-refractivity contribution >= 4 is 45.6 Å². The second-order valence-electron chi connectivity index (χ2n) is 6.88. The molecule has 0 aliphatic carbocycles. The van der Waals surface area contributed by atoms with Gasteiger partial charge in [-0.25, -0.2) is 0 Å². The molecule has 1 saturated heterocycles. The predicted octanol–water partition coefficient (Wildman–Crippen LogP) is 4.12. The minimum atomic E-state index is -0.762. The lowest BCUT2D eigenvalue weighted by Gasteiger charge is -2.14. The second kappa shape index (κ2) is 8.81. The van der Waals surface area contributed by atoms with Crippen molar-refractivity contribution in [2.24, 2.45) is 0 Å². The van der Waals surface area contributed by atoms with Crippen molar-refractivity contribution in [3.63, 3.8) is 0 Å². The summed E-state index contributed by atoms with van der Waals surface area (Å²) in [4.78, 5) is 25.6. The normalized spacial score (nSPS) is 19.5. The molecule has 4 rings (SSSR count). The Hall–Kier alpha value is -2.96. The second-order valence-corrected chi connectivity index (χ2v) is 8.23. The molecule has 2 atom stereocenters. The van der Waals surface area contributed by atoms with Gasteiger partial charge in [0, 0.05) is 26.2 Å². The van der Waals surface area contributed by atoms with Gasteiger partial charge in [0.05, 0.1) is 0 Å². The van der Waals surface area contributed by atoms with E-state index in [1.807, 2.05) is 60.8 Å². The lowest BCUT2D eigenvalue weighted by atomic mass is 10.00. The molecule has 1 fully saturated rings. The van der Waals surface area contributed by atoms with Gasteiger partial charge in [0.25, 0.3) is 5.91 Å². The first-order valence-corrected chi connectivity index (χ1v) is 10.5. The van der Waals surface area contributed by atoms with Gasteiger partial charge in [0.1, 0.15) is 0 Å². The van der Waals surface area contributed by atoms with Crippen LogP contribution >= 0.6 is 27.5 Å². The van der Waals surface area contributed by atoms with E-state index in [0.29, 0.717) is 10.6 Å². The van der Waals surface area contributed by atoms with Crippen LogP contribution < -0.4 is 10.7 Å². The Morgan fingerprint density at radius 3 is 2.33 bits per heavy atom. The highest BCUT2D eigenvalue weighted by atomic mass is 79.9. The van der Waals surface area contributed by atoms with Gasteiger partial charge in [-0.3, -0.25) is 9.59 Å². The fourth-order valence-corrected chi connectivity index (χ4v) is 3.76. The first-order valence-electron chi connectivity index (χ1n) is 9.32. The summed E-state index contributed by atoms with van der Waals surface area (Å²) in [5.74, 6) is -0.613. The standard InChI is InChI=1S/C23H17BrClN3O2/c24-18-10-6-15(7-11-18)14-28-21(16-4-2-1-3-5-16)20(23(30)27-28)26-22(29)17-8-12-19(25)13-9-17/h1-14,20-21H,(H-,26,27,29,30)/p+1/b28-14-/t20-,21+/m1/s1. The summed E-state index contributed by atoms with van der Waals surface area (Å²) in [5.41, 5.74) is 5.14. The molecular formula is C23H18BrClN3O2+. The third-order valence-electron chi connectivity index (χ3n) is 4.83. The van der Waals surface area contributed by atoms with Crippen molar-refractivity contribution < 1.29 is 14.3 Å². The fourth-order valence-electron chi connectivity index (χ4n) is 3.37. The quantitative estimate of drug-likeness (QED) is 0.549. The van der Waals surface area contributed by atoms with Crippen LogP contribution in [-0.4, -0.2) is 28.8 Å². The monoisotopic (exact) mass is 482 g/mol. The minimum Gasteiger partial charge on any atom is -0.334 e. The molecule has 2 N–H and O–H groups in total. The van der Waals surface area contributed by atoms with Crippen molar-refractivity contribution in [3.05, 3.63) is 105 Å². The van der Waals surface area contributed by atoms with Gasteiger partial charge in [-0.2, -0.15) is 0 Å². The molecule has 3 aromatic carbocycles. The molecular weight excluding hydrogens is 466 g/mol. The zero-order valence-corrected chi connectivity index (χ0v) is 18.1. The number of hydrogen-bond acceptors (Lipinski definition) is 2. The molecule has 30 heavy (non-hydrogen) atoms. The molecule has 0 radical (unpaired) electrons. The average Bonchev–Trinajstić information content (AvgIpc) is 3.05. The maximum atomic E-state index is 12.8. The summed E-state index contributed by atoms with van der Waals surface area (Å²) in [6, 6.07) is 22.8. The van der Waals surface area contributed by atoms with Crippen molar-refractivity contribution in [2.45, 2.75) is 12.1 Å². The molecule has 1 heterocycles. The summed E-state index contributed by atoms with van der Waals surface area (Å²) in [5, 5.41) is 3.42. The van der Waals surface area contributed by atoms with Gasteiger partial charge in [-0.1, -0.05) is 57.9 Å². The van der Waals surface area contributed by atoms with E-state index in [1.54, 1.807) is 28.9 Å². The third-order valence-corrected chi connectivity index (χ3v) is 5.61. The molecule has 5 nitrogen and oxygen atoms in total. The number of benzene rings is 3. The number of nitrogens with zero attached hydrogens (tertiary/aromatic N) is 1. The van der Waals surface area contributed by atoms with E-state index in [1.165, 1.54) is 0 Å². The molecule has 150 valence electrons. The van der Waals surface area contributed by atoms with E-state index in [2.05, 4.69) is 26.7 Å². The van der Waals surface area contributed by atoms with Crippen LogP contribution in [0, 0.1) is 0 Å². The van der Waals surface area contributed by atoms with Gasteiger partial charge in [-0.15, -0.1) is 10.1 Å². The molecule has 0 spiro atoms. The van der Waals surface area contributed by atoms with Crippen LogP contribution in [0.2, 0.25) is 5.02 Å². The summed E-state index contributed by atoms with van der Waals surface area (Å²) in [6.07, 6.45) is 1.86. The molecule has 0 unspecified atom stereocenters. The molecule has 1 aliphatic rings. The van der Waals surface area contributed by atoms with Crippen LogP contribution in [0.15, 0.2) is 83.3 Å². The topological polar surface area (TPSA) is 61.2 Å². The van der Waals surface area contributed by atoms with Crippen LogP contribution in [0.3, 0.4) is 0 Å². The molecule has 1 aliphatic heterocycles. The van der Waals surface area contributed by atoms with Gasteiger partial charge < -0.3 is 5.32 Å². The molecule has 0 aromatic heterocycles. The Labute approximate surface area is 187 Å². The Balaban J connectivity index is 1.68. The van der Waals surface area contributed by atoms with E-state index in [0.717, 1.165) is 15.6 Å². The van der Waals surface area contributed by atoms with Crippen LogP contribution in [0.25, 0.3) is 0 Å². The summed E-state index contributed by atoms with van der Waals surface area (Å²) >= 11 is 9.34. The maximum absolute atomic E-state index is 12.8. The summed E-state index contributed by atoms with van der Waals surface area (Å²) in [7, 11) is 0. The highest BCUT2D eigenvalue weighted by Gasteiger charge is 2.47. The summed E-state index contributed by atoms with van der Waals surface area (Å²) in [6.45, 7) is 0. The Morgan fingerprint density at radius 1 is 1.00 bits per heavy atom. The molecule has 7 heteroatoms. The highest BCUT2D eigenvalue weighted by Crippen LogP contribution is 2.25. The zero-order valence-electron chi connectivity index (χ0n) is 15.8. The third kappa shape index (κ3) is 4.45. The number of hydrazine groups is 1. The van der Waals surface area contributed by atoms with Crippen molar-refractivity contribution in [3.8, 4) is 0 Å². The smallest absolute Gasteiger partial charge is 0.304 e. The number of carbonyl (C=O) groups is 2. The van der Waals surface area contributed by atoms with Crippen LogP contribution in [-0.2, 0) is 4.79 Å². The first kappa shape index (κ1) is 20.3. The van der Waals surface area contributed by atoms with Crippen molar-refractivity contribution in [1.82, 2.24) is 10.7 Å². The molecule has 3 aromatic rings. The van der Waals surface area contributed by atoms with E-state index < -0.39 is 12.1 Å². The van der Waals surface area contributed by atoms with E-state index in [9.17, 15) is 9.59 Å². The number of carbonyl (C=O) groups excluding carboxylic acids is 2. The first-order chi connectivity index (χ1) is 14.5. The molecule has 2 amide bonds. The summed E-state index contributed by atoms with van der Waals surface area (Å²) < 4.78 is 2.71. The van der Waals surface area contributed by atoms with Crippen molar-refractivity contribution in [2.75, 3.05) is 0 Å². The van der Waals surface area contributed by atoms with Gasteiger partial charge in [0.2, 0.25) is 12.3 Å². The molecule has 0 bridgehead atoms. The SMILES string of the molecule is O=C(N[C@H]1C(=O)N/[N+](=C\c2ccc(Br)cc2)[C@H]1c1ccccc1)c1ccc(Cl)cc1. The predicted molar refractivity (Wildman–Crippen MR) is 120 cm³/mol. The van der Waals surface area contributed by atoms with Gasteiger partial charge in [-0.05, 0) is 48.5 Å². The van der Waals surface area contributed by atoms with Gasteiger partial charge >= 0.3 is 5.91 Å². The fraction of sp³-hybridized carbons (Fsp3) is 0.0870. The number of nitrogens with one attached hydrogen (secondary N) is 2.